The fourth-order valence-corrected chi connectivity index (χ4v) is 3.51. The maximum atomic E-state index is 4.42. The standard InChI is InChI=1S/C17H23N5S/c1-14-12-19-16(23-14)13-20-17(18-2)22-10-8-21(9-11-22)15-6-4-3-5-7-15/h3-7,12H,8-11,13H2,1-2H3,(H,18,20). The van der Waals surface area contributed by atoms with E-state index in [2.05, 4.69) is 62.3 Å². The van der Waals surface area contributed by atoms with Gasteiger partial charge in [0.1, 0.15) is 5.01 Å². The number of rotatable bonds is 3. The number of anilines is 1. The Morgan fingerprint density at radius 3 is 2.57 bits per heavy atom. The topological polar surface area (TPSA) is 43.8 Å². The van der Waals surface area contributed by atoms with Crippen LogP contribution in [-0.2, 0) is 6.54 Å². The summed E-state index contributed by atoms with van der Waals surface area (Å²) in [7, 11) is 1.85. The zero-order valence-electron chi connectivity index (χ0n) is 13.7. The zero-order chi connectivity index (χ0) is 16.1. The average molecular weight is 329 g/mol. The molecule has 0 saturated carbocycles. The largest absolute Gasteiger partial charge is 0.368 e. The van der Waals surface area contributed by atoms with E-state index in [1.807, 2.05) is 13.2 Å². The summed E-state index contributed by atoms with van der Waals surface area (Å²) in [5, 5.41) is 4.53. The minimum absolute atomic E-state index is 0.740. The molecule has 1 aliphatic rings. The molecule has 3 rings (SSSR count). The molecule has 1 aliphatic heterocycles. The summed E-state index contributed by atoms with van der Waals surface area (Å²) >= 11 is 1.73. The second-order valence-electron chi connectivity index (χ2n) is 5.58. The Morgan fingerprint density at radius 2 is 1.96 bits per heavy atom. The Balaban J connectivity index is 1.53. The molecule has 0 spiro atoms. The first-order valence-corrected chi connectivity index (χ1v) is 8.75. The number of thiazole rings is 1. The van der Waals surface area contributed by atoms with Crippen LogP contribution >= 0.6 is 11.3 Å². The van der Waals surface area contributed by atoms with Crippen LogP contribution in [0, 0.1) is 6.92 Å². The number of piperazine rings is 1. The SMILES string of the molecule is CN=C(NCc1ncc(C)s1)N1CCN(c2ccccc2)CC1. The molecule has 1 aromatic heterocycles. The number of aryl methyl sites for hydroxylation is 1. The van der Waals surface area contributed by atoms with E-state index in [1.54, 1.807) is 11.3 Å². The second-order valence-corrected chi connectivity index (χ2v) is 6.89. The van der Waals surface area contributed by atoms with E-state index < -0.39 is 0 Å². The molecule has 23 heavy (non-hydrogen) atoms. The van der Waals surface area contributed by atoms with Crippen LogP contribution in [0.1, 0.15) is 9.88 Å². The van der Waals surface area contributed by atoms with Gasteiger partial charge in [-0.1, -0.05) is 18.2 Å². The molecule has 0 unspecified atom stereocenters. The van der Waals surface area contributed by atoms with Crippen LogP contribution < -0.4 is 10.2 Å². The van der Waals surface area contributed by atoms with Crippen molar-refractivity contribution < 1.29 is 0 Å². The van der Waals surface area contributed by atoms with Crippen LogP contribution in [0.5, 0.6) is 0 Å². The highest BCUT2D eigenvalue weighted by atomic mass is 32.1. The van der Waals surface area contributed by atoms with Crippen LogP contribution in [0.3, 0.4) is 0 Å². The molecule has 0 atom stereocenters. The van der Waals surface area contributed by atoms with Gasteiger partial charge >= 0.3 is 0 Å². The van der Waals surface area contributed by atoms with Crippen molar-refractivity contribution in [1.29, 1.82) is 0 Å². The van der Waals surface area contributed by atoms with Crippen LogP contribution in [0.4, 0.5) is 5.69 Å². The number of nitrogens with one attached hydrogen (secondary N) is 1. The summed E-state index contributed by atoms with van der Waals surface area (Å²) in [6, 6.07) is 10.6. The van der Waals surface area contributed by atoms with E-state index in [0.717, 1.165) is 43.7 Å². The van der Waals surface area contributed by atoms with Gasteiger partial charge in [-0.25, -0.2) is 4.98 Å². The molecule has 1 fully saturated rings. The van der Waals surface area contributed by atoms with E-state index in [1.165, 1.54) is 10.6 Å². The van der Waals surface area contributed by atoms with E-state index in [0.29, 0.717) is 0 Å². The second kappa shape index (κ2) is 7.46. The third-order valence-electron chi connectivity index (χ3n) is 3.98. The molecule has 5 nitrogen and oxygen atoms in total. The van der Waals surface area contributed by atoms with Gasteiger partial charge in [-0.2, -0.15) is 0 Å². The first-order chi connectivity index (χ1) is 11.3. The summed E-state index contributed by atoms with van der Waals surface area (Å²) in [6.07, 6.45) is 1.92. The Labute approximate surface area is 141 Å². The van der Waals surface area contributed by atoms with Crippen LogP contribution in [0.25, 0.3) is 0 Å². The quantitative estimate of drug-likeness (QED) is 0.693. The highest BCUT2D eigenvalue weighted by Crippen LogP contribution is 2.16. The van der Waals surface area contributed by atoms with Crippen LogP contribution in [0.2, 0.25) is 0 Å². The van der Waals surface area contributed by atoms with Crippen molar-refractivity contribution in [1.82, 2.24) is 15.2 Å². The van der Waals surface area contributed by atoms with Gasteiger partial charge in [0, 0.05) is 50.0 Å². The molecule has 1 N–H and O–H groups in total. The molecule has 1 aromatic carbocycles. The van der Waals surface area contributed by atoms with Crippen LogP contribution in [0.15, 0.2) is 41.5 Å². The minimum Gasteiger partial charge on any atom is -0.368 e. The van der Waals surface area contributed by atoms with Crippen molar-refractivity contribution in [2.45, 2.75) is 13.5 Å². The molecule has 122 valence electrons. The van der Waals surface area contributed by atoms with Crippen molar-refractivity contribution in [3.63, 3.8) is 0 Å². The number of aliphatic imine (C=N–C) groups is 1. The lowest BCUT2D eigenvalue weighted by molar-refractivity contribution is 0.372. The van der Waals surface area contributed by atoms with Gasteiger partial charge in [-0.3, -0.25) is 4.99 Å². The predicted octanol–water partition coefficient (Wildman–Crippen LogP) is 2.35. The summed E-state index contributed by atoms with van der Waals surface area (Å²) in [4.78, 5) is 14.8. The van der Waals surface area contributed by atoms with E-state index in [-0.39, 0.29) is 0 Å². The first-order valence-electron chi connectivity index (χ1n) is 7.93. The molecule has 2 aromatic rings. The van der Waals surface area contributed by atoms with Crippen molar-refractivity contribution in [2.24, 2.45) is 4.99 Å². The van der Waals surface area contributed by atoms with Crippen molar-refractivity contribution >= 4 is 23.0 Å². The number of nitrogens with zero attached hydrogens (tertiary/aromatic N) is 4. The lowest BCUT2D eigenvalue weighted by Crippen LogP contribution is -2.52. The van der Waals surface area contributed by atoms with E-state index in [4.69, 9.17) is 0 Å². The third kappa shape index (κ3) is 4.01. The minimum atomic E-state index is 0.740. The Morgan fingerprint density at radius 1 is 1.22 bits per heavy atom. The molecule has 0 bridgehead atoms. The number of hydrogen-bond acceptors (Lipinski definition) is 4. The lowest BCUT2D eigenvalue weighted by atomic mass is 10.2. The molecule has 0 aliphatic carbocycles. The number of benzene rings is 1. The molecule has 1 saturated heterocycles. The third-order valence-corrected chi connectivity index (χ3v) is 4.89. The predicted molar refractivity (Wildman–Crippen MR) is 97.3 cm³/mol. The number of aromatic nitrogens is 1. The number of para-hydroxylation sites is 1. The molecular weight excluding hydrogens is 306 g/mol. The maximum Gasteiger partial charge on any atom is 0.194 e. The van der Waals surface area contributed by atoms with Gasteiger partial charge in [0.25, 0.3) is 0 Å². The van der Waals surface area contributed by atoms with Gasteiger partial charge in [-0.15, -0.1) is 11.3 Å². The summed E-state index contributed by atoms with van der Waals surface area (Å²) < 4.78 is 0. The van der Waals surface area contributed by atoms with E-state index in [9.17, 15) is 0 Å². The fraction of sp³-hybridized carbons (Fsp3) is 0.412. The number of hydrogen-bond donors (Lipinski definition) is 1. The normalized spacial score (nSPS) is 15.8. The average Bonchev–Trinajstić information content (AvgIpc) is 3.02. The molecular formula is C17H23N5S. The van der Waals surface area contributed by atoms with Gasteiger partial charge in [0.05, 0.1) is 6.54 Å². The van der Waals surface area contributed by atoms with E-state index >= 15 is 0 Å². The molecule has 6 heteroatoms. The van der Waals surface area contributed by atoms with Crippen LogP contribution in [-0.4, -0.2) is 49.1 Å². The van der Waals surface area contributed by atoms with Gasteiger partial charge in [0.2, 0.25) is 0 Å². The maximum absolute atomic E-state index is 4.42. The van der Waals surface area contributed by atoms with Gasteiger partial charge < -0.3 is 15.1 Å². The monoisotopic (exact) mass is 329 g/mol. The Kier molecular flexibility index (Phi) is 5.12. The lowest BCUT2D eigenvalue weighted by Gasteiger charge is -2.37. The Hall–Kier alpha value is -2.08. The highest BCUT2D eigenvalue weighted by molar-refractivity contribution is 7.11. The zero-order valence-corrected chi connectivity index (χ0v) is 14.5. The molecule has 2 heterocycles. The smallest absolute Gasteiger partial charge is 0.194 e. The van der Waals surface area contributed by atoms with Gasteiger partial charge in [0.15, 0.2) is 5.96 Å². The Bertz CT molecular complexity index is 644. The first kappa shape index (κ1) is 15.8. The molecule has 0 radical (unpaired) electrons. The summed E-state index contributed by atoms with van der Waals surface area (Å²) in [5.74, 6) is 0.963. The highest BCUT2D eigenvalue weighted by Gasteiger charge is 2.19. The van der Waals surface area contributed by atoms with Crippen molar-refractivity contribution in [2.75, 3.05) is 38.1 Å². The summed E-state index contributed by atoms with van der Waals surface area (Å²) in [5.41, 5.74) is 1.30. The molecule has 0 amide bonds. The number of guanidine groups is 1. The fourth-order valence-electron chi connectivity index (χ4n) is 2.79. The summed E-state index contributed by atoms with van der Waals surface area (Å²) in [6.45, 7) is 6.81. The van der Waals surface area contributed by atoms with Crippen molar-refractivity contribution in [3.05, 3.63) is 46.4 Å². The van der Waals surface area contributed by atoms with Gasteiger partial charge in [-0.05, 0) is 19.1 Å². The van der Waals surface area contributed by atoms with Crippen molar-refractivity contribution in [3.8, 4) is 0 Å².